The smallest absolute Gasteiger partial charge is 0.307 e. The number of piperidine rings is 1. The van der Waals surface area contributed by atoms with Gasteiger partial charge in [0.2, 0.25) is 0 Å². The first-order chi connectivity index (χ1) is 11.1. The fourth-order valence-corrected chi connectivity index (χ4v) is 3.08. The third-order valence-electron chi connectivity index (χ3n) is 4.39. The lowest BCUT2D eigenvalue weighted by atomic mass is 9.90. The molecule has 0 N–H and O–H groups in total. The Kier molecular flexibility index (Phi) is 6.90. The van der Waals surface area contributed by atoms with Crippen molar-refractivity contribution in [3.63, 3.8) is 0 Å². The maximum atomic E-state index is 11.6. The maximum Gasteiger partial charge on any atom is 0.307 e. The second-order valence-electron chi connectivity index (χ2n) is 6.63. The summed E-state index contributed by atoms with van der Waals surface area (Å²) in [6.07, 6.45) is 4.02. The average molecular weight is 319 g/mol. The lowest BCUT2D eigenvalue weighted by Crippen LogP contribution is -2.36. The summed E-state index contributed by atoms with van der Waals surface area (Å²) in [5.74, 6) is 1.57. The molecule has 0 aromatic heterocycles. The Morgan fingerprint density at radius 3 is 2.43 bits per heavy atom. The van der Waals surface area contributed by atoms with Crippen molar-refractivity contribution in [3.8, 4) is 5.75 Å². The van der Waals surface area contributed by atoms with Crippen molar-refractivity contribution in [3.05, 3.63) is 29.8 Å². The van der Waals surface area contributed by atoms with Gasteiger partial charge in [0.1, 0.15) is 5.75 Å². The molecule has 23 heavy (non-hydrogen) atoms. The van der Waals surface area contributed by atoms with Gasteiger partial charge in [0.05, 0.1) is 19.6 Å². The van der Waals surface area contributed by atoms with Gasteiger partial charge in [-0.1, -0.05) is 12.1 Å². The third kappa shape index (κ3) is 6.22. The number of rotatable bonds is 7. The highest BCUT2D eigenvalue weighted by atomic mass is 16.5. The van der Waals surface area contributed by atoms with Gasteiger partial charge in [0.15, 0.2) is 0 Å². The van der Waals surface area contributed by atoms with Gasteiger partial charge in [-0.3, -0.25) is 4.79 Å². The number of esters is 1. The van der Waals surface area contributed by atoms with Gasteiger partial charge in [0.25, 0.3) is 0 Å². The van der Waals surface area contributed by atoms with E-state index in [9.17, 15) is 4.79 Å². The van der Waals surface area contributed by atoms with Crippen LogP contribution in [0.1, 0.15) is 38.7 Å². The van der Waals surface area contributed by atoms with Crippen LogP contribution in [0.5, 0.6) is 5.75 Å². The molecule has 1 fully saturated rings. The topological polar surface area (TPSA) is 38.8 Å². The van der Waals surface area contributed by atoms with Gasteiger partial charge in [-0.15, -0.1) is 0 Å². The van der Waals surface area contributed by atoms with E-state index in [0.29, 0.717) is 6.42 Å². The molecule has 0 amide bonds. The normalized spacial score (nSPS) is 16.5. The summed E-state index contributed by atoms with van der Waals surface area (Å²) in [6, 6.07) is 8.38. The summed E-state index contributed by atoms with van der Waals surface area (Å²) < 4.78 is 10.4. The van der Waals surface area contributed by atoms with E-state index in [1.165, 1.54) is 18.4 Å². The lowest BCUT2D eigenvalue weighted by molar-refractivity contribution is -0.147. The Morgan fingerprint density at radius 1 is 1.22 bits per heavy atom. The summed E-state index contributed by atoms with van der Waals surface area (Å²) in [5, 5.41) is 0. The minimum atomic E-state index is -0.0830. The van der Waals surface area contributed by atoms with Crippen molar-refractivity contribution < 1.29 is 14.3 Å². The first-order valence-corrected chi connectivity index (χ1v) is 8.61. The number of hydrogen-bond acceptors (Lipinski definition) is 4. The molecule has 0 spiro atoms. The summed E-state index contributed by atoms with van der Waals surface area (Å²) in [6.45, 7) is 6.76. The highest BCUT2D eigenvalue weighted by Gasteiger charge is 2.20. The van der Waals surface area contributed by atoms with Gasteiger partial charge in [-0.25, -0.2) is 0 Å². The molecule has 128 valence electrons. The van der Waals surface area contributed by atoms with Gasteiger partial charge < -0.3 is 14.4 Å². The lowest BCUT2D eigenvalue weighted by Gasteiger charge is -2.31. The van der Waals surface area contributed by atoms with E-state index in [4.69, 9.17) is 9.47 Å². The molecule has 0 saturated carbocycles. The van der Waals surface area contributed by atoms with Crippen LogP contribution in [-0.2, 0) is 16.0 Å². The number of likely N-dealkylation sites (tertiary alicyclic amines) is 1. The molecule has 2 rings (SSSR count). The molecule has 1 saturated heterocycles. The monoisotopic (exact) mass is 319 g/mol. The Hall–Kier alpha value is -1.55. The zero-order chi connectivity index (χ0) is 16.7. The zero-order valence-electron chi connectivity index (χ0n) is 14.6. The Morgan fingerprint density at radius 2 is 1.87 bits per heavy atom. The molecule has 0 aliphatic carbocycles. The highest BCUT2D eigenvalue weighted by molar-refractivity contribution is 5.69. The molecule has 1 aromatic rings. The van der Waals surface area contributed by atoms with Crippen molar-refractivity contribution in [2.75, 3.05) is 26.7 Å². The summed E-state index contributed by atoms with van der Waals surface area (Å²) >= 11 is 0. The number of methoxy groups -OCH3 is 1. The fourth-order valence-electron chi connectivity index (χ4n) is 3.08. The average Bonchev–Trinajstić information content (AvgIpc) is 2.54. The van der Waals surface area contributed by atoms with Crippen LogP contribution in [0, 0.1) is 5.92 Å². The predicted octanol–water partition coefficient (Wildman–Crippen LogP) is 3.29. The van der Waals surface area contributed by atoms with Crippen molar-refractivity contribution in [1.82, 2.24) is 4.90 Å². The van der Waals surface area contributed by atoms with E-state index in [1.54, 1.807) is 7.11 Å². The van der Waals surface area contributed by atoms with Crippen LogP contribution >= 0.6 is 0 Å². The van der Waals surface area contributed by atoms with Crippen LogP contribution in [0.25, 0.3) is 0 Å². The van der Waals surface area contributed by atoms with Crippen LogP contribution in [-0.4, -0.2) is 43.7 Å². The predicted molar refractivity (Wildman–Crippen MR) is 91.7 cm³/mol. The van der Waals surface area contributed by atoms with Crippen molar-refractivity contribution in [2.24, 2.45) is 5.92 Å². The molecule has 4 nitrogen and oxygen atoms in total. The second-order valence-corrected chi connectivity index (χ2v) is 6.63. The number of carbonyl (C=O) groups excluding carboxylic acids is 1. The highest BCUT2D eigenvalue weighted by Crippen LogP contribution is 2.23. The molecular weight excluding hydrogens is 290 g/mol. The number of nitrogens with zero attached hydrogens (tertiary/aromatic N) is 1. The number of benzene rings is 1. The molecule has 1 aromatic carbocycles. The minimum Gasteiger partial charge on any atom is -0.497 e. The fraction of sp³-hybridized carbons (Fsp3) is 0.632. The molecule has 0 radical (unpaired) electrons. The number of ether oxygens (including phenoxy) is 2. The third-order valence-corrected chi connectivity index (χ3v) is 4.39. The van der Waals surface area contributed by atoms with E-state index >= 15 is 0 Å². The van der Waals surface area contributed by atoms with Crippen LogP contribution in [0.2, 0.25) is 0 Å². The Bertz CT molecular complexity index is 476. The van der Waals surface area contributed by atoms with E-state index in [0.717, 1.165) is 37.7 Å². The number of carbonyl (C=O) groups is 1. The molecule has 4 heteroatoms. The van der Waals surface area contributed by atoms with Gasteiger partial charge in [0, 0.05) is 6.54 Å². The molecule has 0 atom stereocenters. The minimum absolute atomic E-state index is 0.0160. The van der Waals surface area contributed by atoms with Gasteiger partial charge in [-0.05, 0) is 69.8 Å². The van der Waals surface area contributed by atoms with E-state index in [2.05, 4.69) is 17.0 Å². The van der Waals surface area contributed by atoms with Crippen LogP contribution in [0.3, 0.4) is 0 Å². The zero-order valence-corrected chi connectivity index (χ0v) is 14.6. The quantitative estimate of drug-likeness (QED) is 0.723. The molecule has 0 unspecified atom stereocenters. The first-order valence-electron chi connectivity index (χ1n) is 8.61. The Labute approximate surface area is 139 Å². The van der Waals surface area contributed by atoms with E-state index in [1.807, 2.05) is 26.0 Å². The molecule has 1 aliphatic heterocycles. The van der Waals surface area contributed by atoms with Crippen molar-refractivity contribution in [2.45, 2.75) is 45.6 Å². The van der Waals surface area contributed by atoms with Crippen LogP contribution in [0.15, 0.2) is 24.3 Å². The molecule has 1 heterocycles. The maximum absolute atomic E-state index is 11.6. The Balaban J connectivity index is 1.68. The van der Waals surface area contributed by atoms with Crippen molar-refractivity contribution >= 4 is 5.97 Å². The SMILES string of the molecule is COc1ccc(CC2CCN(CCC(=O)OC(C)C)CC2)cc1. The summed E-state index contributed by atoms with van der Waals surface area (Å²) in [4.78, 5) is 14.0. The van der Waals surface area contributed by atoms with Gasteiger partial charge >= 0.3 is 5.97 Å². The van der Waals surface area contributed by atoms with Gasteiger partial charge in [-0.2, -0.15) is 0 Å². The van der Waals surface area contributed by atoms with E-state index in [-0.39, 0.29) is 12.1 Å². The van der Waals surface area contributed by atoms with Crippen LogP contribution < -0.4 is 4.74 Å². The largest absolute Gasteiger partial charge is 0.497 e. The standard InChI is InChI=1S/C19H29NO3/c1-15(2)23-19(21)10-13-20-11-8-17(9-12-20)14-16-4-6-18(22-3)7-5-16/h4-7,15,17H,8-14H2,1-3H3. The molecule has 0 bridgehead atoms. The molecular formula is C19H29NO3. The first kappa shape index (κ1) is 17.8. The summed E-state index contributed by atoms with van der Waals surface area (Å²) in [5.41, 5.74) is 1.38. The molecule has 1 aliphatic rings. The second kappa shape index (κ2) is 8.92. The number of hydrogen-bond donors (Lipinski definition) is 0. The van der Waals surface area contributed by atoms with Crippen LogP contribution in [0.4, 0.5) is 0 Å². The van der Waals surface area contributed by atoms with Crippen molar-refractivity contribution in [1.29, 1.82) is 0 Å². The van der Waals surface area contributed by atoms with E-state index < -0.39 is 0 Å². The summed E-state index contributed by atoms with van der Waals surface area (Å²) in [7, 11) is 1.70.